The number of methoxy groups -OCH3 is 2. The number of benzene rings is 1. The average Bonchev–Trinajstić information content (AvgIpc) is 2.54. The van der Waals surface area contributed by atoms with E-state index >= 15 is 0 Å². The number of carbonyl (C=O) groups excluding carboxylic acids is 1. The summed E-state index contributed by atoms with van der Waals surface area (Å²) in [4.78, 5) is 11.1. The molecule has 0 aliphatic heterocycles. The molecule has 0 heterocycles. The second-order valence-corrected chi connectivity index (χ2v) is 5.83. The quantitative estimate of drug-likeness (QED) is 0.531. The van der Waals surface area contributed by atoms with Crippen molar-refractivity contribution in [2.45, 2.75) is 25.8 Å². The molecule has 1 atom stereocenters. The van der Waals surface area contributed by atoms with Gasteiger partial charge in [0.15, 0.2) is 0 Å². The van der Waals surface area contributed by atoms with Crippen molar-refractivity contribution in [3.63, 3.8) is 0 Å². The van der Waals surface area contributed by atoms with Gasteiger partial charge in [-0.05, 0) is 30.7 Å². The van der Waals surface area contributed by atoms with Gasteiger partial charge >= 0.3 is 5.97 Å². The summed E-state index contributed by atoms with van der Waals surface area (Å²) in [5.41, 5.74) is 1.25. The Bertz CT molecular complexity index is 408. The van der Waals surface area contributed by atoms with Crippen molar-refractivity contribution in [3.8, 4) is 5.75 Å². The summed E-state index contributed by atoms with van der Waals surface area (Å²) in [6.07, 6.45) is 1.56. The summed E-state index contributed by atoms with van der Waals surface area (Å²) in [6, 6.07) is 8.43. The van der Waals surface area contributed by atoms with E-state index in [1.54, 1.807) is 18.9 Å². The molecule has 0 spiro atoms. The van der Waals surface area contributed by atoms with E-state index in [2.05, 4.69) is 29.1 Å². The van der Waals surface area contributed by atoms with Gasteiger partial charge in [-0.3, -0.25) is 4.79 Å². The molecular weight excluding hydrogens is 286 g/mol. The molecule has 0 bridgehead atoms. The number of rotatable bonds is 10. The van der Waals surface area contributed by atoms with Gasteiger partial charge in [0.25, 0.3) is 0 Å². The predicted octanol–water partition coefficient (Wildman–Crippen LogP) is 3.03. The lowest BCUT2D eigenvalue weighted by molar-refractivity contribution is -0.140. The first-order valence-electron chi connectivity index (χ1n) is 7.23. The molecule has 4 nitrogen and oxygen atoms in total. The lowest BCUT2D eigenvalue weighted by atomic mass is 10.1. The van der Waals surface area contributed by atoms with Crippen LogP contribution >= 0.6 is 11.8 Å². The number of carbonyl (C=O) groups is 1. The van der Waals surface area contributed by atoms with Crippen LogP contribution in [0.5, 0.6) is 5.75 Å². The van der Waals surface area contributed by atoms with Gasteiger partial charge in [-0.1, -0.05) is 19.1 Å². The Kier molecular flexibility index (Phi) is 8.94. The van der Waals surface area contributed by atoms with Crippen LogP contribution in [0.2, 0.25) is 0 Å². The van der Waals surface area contributed by atoms with E-state index in [4.69, 9.17) is 4.74 Å². The largest absolute Gasteiger partial charge is 0.497 e. The zero-order chi connectivity index (χ0) is 15.5. The minimum Gasteiger partial charge on any atom is -0.497 e. The summed E-state index contributed by atoms with van der Waals surface area (Å²) in [5.74, 6) is 2.44. The maximum Gasteiger partial charge on any atom is 0.306 e. The second-order valence-electron chi connectivity index (χ2n) is 4.68. The highest BCUT2D eigenvalue weighted by atomic mass is 32.2. The van der Waals surface area contributed by atoms with Crippen LogP contribution in [0, 0.1) is 0 Å². The summed E-state index contributed by atoms with van der Waals surface area (Å²) in [7, 11) is 3.10. The van der Waals surface area contributed by atoms with E-state index < -0.39 is 0 Å². The van der Waals surface area contributed by atoms with E-state index in [1.165, 1.54) is 12.7 Å². The van der Waals surface area contributed by atoms with Crippen LogP contribution in [-0.2, 0) is 9.53 Å². The van der Waals surface area contributed by atoms with Crippen LogP contribution in [0.4, 0.5) is 0 Å². The van der Waals surface area contributed by atoms with Gasteiger partial charge in [-0.25, -0.2) is 0 Å². The molecule has 0 saturated heterocycles. The molecule has 1 aromatic carbocycles. The lowest BCUT2D eigenvalue weighted by Gasteiger charge is -2.19. The average molecular weight is 311 g/mol. The zero-order valence-corrected chi connectivity index (χ0v) is 13.9. The molecule has 0 aliphatic rings. The molecule has 0 aromatic heterocycles. The van der Waals surface area contributed by atoms with Gasteiger partial charge in [0.05, 0.1) is 20.6 Å². The van der Waals surface area contributed by atoms with Crippen molar-refractivity contribution in [3.05, 3.63) is 29.8 Å². The summed E-state index contributed by atoms with van der Waals surface area (Å²) in [5, 5.41) is 3.55. The second kappa shape index (κ2) is 10.5. The number of esters is 1. The fraction of sp³-hybridized carbons (Fsp3) is 0.562. The van der Waals surface area contributed by atoms with Gasteiger partial charge in [-0.2, -0.15) is 11.8 Å². The smallest absolute Gasteiger partial charge is 0.306 e. The number of hydrogen-bond acceptors (Lipinski definition) is 5. The molecular formula is C16H25NO3S. The van der Waals surface area contributed by atoms with E-state index in [0.29, 0.717) is 12.5 Å². The fourth-order valence-electron chi connectivity index (χ4n) is 1.89. The summed E-state index contributed by atoms with van der Waals surface area (Å²) < 4.78 is 9.84. The van der Waals surface area contributed by atoms with Crippen molar-refractivity contribution in [2.75, 3.05) is 32.3 Å². The Labute approximate surface area is 131 Å². The highest BCUT2D eigenvalue weighted by Gasteiger charge is 2.11. The van der Waals surface area contributed by atoms with Crippen LogP contribution in [0.1, 0.15) is 31.4 Å². The van der Waals surface area contributed by atoms with Gasteiger partial charge in [0.2, 0.25) is 0 Å². The Balaban J connectivity index is 2.51. The Morgan fingerprint density at radius 1 is 1.29 bits per heavy atom. The minimum atomic E-state index is -0.148. The van der Waals surface area contributed by atoms with Crippen molar-refractivity contribution in [2.24, 2.45) is 0 Å². The zero-order valence-electron chi connectivity index (χ0n) is 13.1. The fourth-order valence-corrected chi connectivity index (χ4v) is 2.91. The Hall–Kier alpha value is -1.20. The van der Waals surface area contributed by atoms with Crippen LogP contribution in [0.3, 0.4) is 0 Å². The number of ether oxygens (including phenoxy) is 2. The molecule has 0 fully saturated rings. The molecule has 0 radical (unpaired) electrons. The molecule has 5 heteroatoms. The molecule has 1 rings (SSSR count). The monoisotopic (exact) mass is 311 g/mol. The Morgan fingerprint density at radius 3 is 2.57 bits per heavy atom. The first-order valence-corrected chi connectivity index (χ1v) is 8.38. The number of nitrogens with one attached hydrogen (secondary N) is 1. The number of thioether (sulfide) groups is 1. The van der Waals surface area contributed by atoms with Crippen molar-refractivity contribution < 1.29 is 14.3 Å². The molecule has 0 amide bonds. The first kappa shape index (κ1) is 17.9. The van der Waals surface area contributed by atoms with Gasteiger partial charge in [0.1, 0.15) is 5.75 Å². The van der Waals surface area contributed by atoms with Crippen LogP contribution in [0.15, 0.2) is 24.3 Å². The number of hydrogen-bond donors (Lipinski definition) is 1. The van der Waals surface area contributed by atoms with Gasteiger partial charge in [0, 0.05) is 17.5 Å². The maximum absolute atomic E-state index is 11.1. The summed E-state index contributed by atoms with van der Waals surface area (Å²) >= 11 is 1.77. The molecule has 1 N–H and O–H groups in total. The van der Waals surface area contributed by atoms with Crippen LogP contribution in [-0.4, -0.2) is 38.2 Å². The third kappa shape index (κ3) is 6.87. The standard InChI is InChI=1S/C16H25NO3S/c1-4-10-17-15(12-21-11-9-16(18)20-3)13-5-7-14(19-2)8-6-13/h5-8,15,17H,4,9-12H2,1-3H3. The molecule has 1 aromatic rings. The maximum atomic E-state index is 11.1. The SMILES string of the molecule is CCCNC(CSCCC(=O)OC)c1ccc(OC)cc1. The normalized spacial score (nSPS) is 12.0. The third-order valence-electron chi connectivity index (χ3n) is 3.12. The van der Waals surface area contributed by atoms with Crippen molar-refractivity contribution in [1.29, 1.82) is 0 Å². The van der Waals surface area contributed by atoms with Crippen molar-refractivity contribution >= 4 is 17.7 Å². The topological polar surface area (TPSA) is 47.6 Å². The van der Waals surface area contributed by atoms with E-state index in [0.717, 1.165) is 30.2 Å². The van der Waals surface area contributed by atoms with Gasteiger partial charge < -0.3 is 14.8 Å². The first-order chi connectivity index (χ1) is 10.2. The van der Waals surface area contributed by atoms with E-state index in [-0.39, 0.29) is 5.97 Å². The molecule has 118 valence electrons. The van der Waals surface area contributed by atoms with E-state index in [1.807, 2.05) is 12.1 Å². The minimum absolute atomic E-state index is 0.148. The molecule has 21 heavy (non-hydrogen) atoms. The summed E-state index contributed by atoms with van der Waals surface area (Å²) in [6.45, 7) is 3.14. The van der Waals surface area contributed by atoms with Crippen molar-refractivity contribution in [1.82, 2.24) is 5.32 Å². The lowest BCUT2D eigenvalue weighted by Crippen LogP contribution is -2.24. The van der Waals surface area contributed by atoms with Gasteiger partial charge in [-0.15, -0.1) is 0 Å². The molecule has 1 unspecified atom stereocenters. The predicted molar refractivity (Wildman–Crippen MR) is 88.0 cm³/mol. The van der Waals surface area contributed by atoms with E-state index in [9.17, 15) is 4.79 Å². The van der Waals surface area contributed by atoms with Crippen LogP contribution in [0.25, 0.3) is 0 Å². The van der Waals surface area contributed by atoms with Crippen LogP contribution < -0.4 is 10.1 Å². The molecule has 0 aliphatic carbocycles. The third-order valence-corrected chi connectivity index (χ3v) is 4.18. The highest BCUT2D eigenvalue weighted by Crippen LogP contribution is 2.21. The highest BCUT2D eigenvalue weighted by molar-refractivity contribution is 7.99. The Morgan fingerprint density at radius 2 is 2.00 bits per heavy atom. The molecule has 0 saturated carbocycles.